The quantitative estimate of drug-likeness (QED) is 0.273. The molecule has 0 spiro atoms. The van der Waals surface area contributed by atoms with Crippen molar-refractivity contribution in [1.82, 2.24) is 20.7 Å². The average Bonchev–Trinajstić information content (AvgIpc) is 3.67. The van der Waals surface area contributed by atoms with E-state index in [4.69, 9.17) is 10.2 Å². The van der Waals surface area contributed by atoms with Crippen LogP contribution in [-0.4, -0.2) is 53.9 Å². The number of carbonyl (C=O) groups excluding carboxylic acids is 2. The molecule has 9 nitrogen and oxygen atoms in total. The Morgan fingerprint density at radius 2 is 1.92 bits per heavy atom. The van der Waals surface area contributed by atoms with Crippen LogP contribution in [0.5, 0.6) is 0 Å². The minimum atomic E-state index is -4.37. The molecule has 0 unspecified atom stereocenters. The summed E-state index contributed by atoms with van der Waals surface area (Å²) in [6.45, 7) is -0.945. The van der Waals surface area contributed by atoms with Crippen LogP contribution in [0.3, 0.4) is 0 Å². The smallest absolute Gasteiger partial charge is 0.383 e. The zero-order chi connectivity index (χ0) is 25.9. The van der Waals surface area contributed by atoms with Gasteiger partial charge in [-0.2, -0.15) is 18.7 Å². The Kier molecular flexibility index (Phi) is 7.55. The number of anilines is 1. The lowest BCUT2D eigenvalue weighted by atomic mass is 9.95. The third kappa shape index (κ3) is 6.58. The summed E-state index contributed by atoms with van der Waals surface area (Å²) in [6.07, 6.45) is -0.848. The summed E-state index contributed by atoms with van der Waals surface area (Å²) in [6, 6.07) is 8.26. The number of benzene rings is 1. The molecule has 0 saturated heterocycles. The summed E-state index contributed by atoms with van der Waals surface area (Å²) in [7, 11) is 1.40. The van der Waals surface area contributed by atoms with E-state index in [-0.39, 0.29) is 31.3 Å². The second-order valence-corrected chi connectivity index (χ2v) is 8.88. The van der Waals surface area contributed by atoms with Crippen LogP contribution in [0.25, 0.3) is 11.1 Å². The highest BCUT2D eigenvalue weighted by molar-refractivity contribution is 6.33. The number of halogens is 3. The van der Waals surface area contributed by atoms with E-state index in [9.17, 15) is 22.8 Å². The number of nitrogens with one attached hydrogen (secondary N) is 4. The molecule has 1 aliphatic heterocycles. The topological polar surface area (TPSA) is 119 Å². The maximum atomic E-state index is 13.2. The number of hydrogen-bond acceptors (Lipinski definition) is 7. The molecule has 2 amide bonds. The van der Waals surface area contributed by atoms with Gasteiger partial charge in [0.15, 0.2) is 0 Å². The van der Waals surface area contributed by atoms with Crippen LogP contribution in [0.1, 0.15) is 36.4 Å². The molecule has 4 N–H and O–H groups in total. The van der Waals surface area contributed by atoms with Crippen molar-refractivity contribution >= 4 is 23.5 Å². The van der Waals surface area contributed by atoms with Gasteiger partial charge in [0.25, 0.3) is 5.90 Å². The average molecular weight is 505 g/mol. The molecule has 1 saturated carbocycles. The number of rotatable bonds is 6. The second kappa shape index (κ2) is 10.6. The Bertz CT molecular complexity index is 1150. The fourth-order valence-corrected chi connectivity index (χ4v) is 4.21. The van der Waals surface area contributed by atoms with Crippen molar-refractivity contribution < 1.29 is 27.6 Å². The lowest BCUT2D eigenvalue weighted by molar-refractivity contribution is -0.147. The number of amides is 2. The molecule has 36 heavy (non-hydrogen) atoms. The van der Waals surface area contributed by atoms with Crippen LogP contribution in [0.2, 0.25) is 0 Å². The summed E-state index contributed by atoms with van der Waals surface area (Å²) in [5.74, 6) is -1.07. The summed E-state index contributed by atoms with van der Waals surface area (Å²) in [5, 5.41) is 13.2. The second-order valence-electron chi connectivity index (χ2n) is 8.88. The first-order valence-corrected chi connectivity index (χ1v) is 11.5. The fraction of sp³-hybridized carbons (Fsp3) is 0.417. The van der Waals surface area contributed by atoms with Gasteiger partial charge in [-0.15, -0.1) is 0 Å². The number of hydrogen-bond donors (Lipinski definition) is 4. The Morgan fingerprint density at radius 1 is 1.17 bits per heavy atom. The highest BCUT2D eigenvalue weighted by atomic mass is 19.4. The Morgan fingerprint density at radius 3 is 2.61 bits per heavy atom. The number of hydroxylamine groups is 1. The van der Waals surface area contributed by atoms with Crippen molar-refractivity contribution in [2.24, 2.45) is 5.92 Å². The minimum Gasteiger partial charge on any atom is -0.383 e. The first-order chi connectivity index (χ1) is 17.1. The maximum Gasteiger partial charge on any atom is 0.401 e. The van der Waals surface area contributed by atoms with E-state index in [1.807, 2.05) is 6.07 Å². The van der Waals surface area contributed by atoms with Crippen LogP contribution in [-0.2, 0) is 21.0 Å². The highest BCUT2D eigenvalue weighted by Crippen LogP contribution is 2.33. The number of nitrogens with zero attached hydrogens (tertiary/aromatic N) is 2. The molecule has 1 aromatic carbocycles. The molecule has 4 rings (SSSR count). The predicted molar refractivity (Wildman–Crippen MR) is 126 cm³/mol. The lowest BCUT2D eigenvalue weighted by Gasteiger charge is -2.22. The third-order valence-corrected chi connectivity index (χ3v) is 6.06. The van der Waals surface area contributed by atoms with E-state index < -0.39 is 30.6 Å². The molecular weight excluding hydrogens is 477 g/mol. The van der Waals surface area contributed by atoms with E-state index in [1.54, 1.807) is 30.5 Å². The Balaban J connectivity index is 1.62. The lowest BCUT2D eigenvalue weighted by Crippen LogP contribution is -2.38. The fourth-order valence-electron chi connectivity index (χ4n) is 4.21. The third-order valence-electron chi connectivity index (χ3n) is 6.06. The van der Waals surface area contributed by atoms with Crippen molar-refractivity contribution in [3.05, 3.63) is 47.7 Å². The first-order valence-electron chi connectivity index (χ1n) is 11.5. The van der Waals surface area contributed by atoms with Gasteiger partial charge in [0.05, 0.1) is 12.6 Å². The molecule has 2 heterocycles. The van der Waals surface area contributed by atoms with Crippen molar-refractivity contribution in [3.63, 3.8) is 0 Å². The summed E-state index contributed by atoms with van der Waals surface area (Å²) < 4.78 is 39.6. The zero-order valence-electron chi connectivity index (χ0n) is 19.6. The first kappa shape index (κ1) is 25.6. The van der Waals surface area contributed by atoms with E-state index in [1.165, 1.54) is 11.9 Å². The van der Waals surface area contributed by atoms with Gasteiger partial charge in [0.1, 0.15) is 5.82 Å². The molecule has 192 valence electrons. The molecule has 12 heteroatoms. The monoisotopic (exact) mass is 504 g/mol. The number of fused-ring (bicyclic) bond motifs is 1. The van der Waals surface area contributed by atoms with Gasteiger partial charge in [-0.3, -0.25) is 19.9 Å². The largest absolute Gasteiger partial charge is 0.401 e. The van der Waals surface area contributed by atoms with Crippen molar-refractivity contribution in [2.75, 3.05) is 25.5 Å². The summed E-state index contributed by atoms with van der Waals surface area (Å²) in [5.41, 5.74) is 5.03. The molecular formula is C24H27F3N6O3. The minimum absolute atomic E-state index is 0.0229. The van der Waals surface area contributed by atoms with Crippen molar-refractivity contribution in [2.45, 2.75) is 38.0 Å². The summed E-state index contributed by atoms with van der Waals surface area (Å²) >= 11 is 0. The van der Waals surface area contributed by atoms with E-state index in [0.717, 1.165) is 24.0 Å². The van der Waals surface area contributed by atoms with Crippen LogP contribution < -0.4 is 16.1 Å². The van der Waals surface area contributed by atoms with Crippen LogP contribution in [0, 0.1) is 11.3 Å². The Hall–Kier alpha value is -3.51. The van der Waals surface area contributed by atoms with E-state index >= 15 is 0 Å². The van der Waals surface area contributed by atoms with Crippen molar-refractivity contribution in [3.8, 4) is 11.1 Å². The summed E-state index contributed by atoms with van der Waals surface area (Å²) in [4.78, 5) is 34.7. The SMILES string of the molecule is CNOC(=N)C(=O)N[C@@H]1CCN(CC(F)(F)F)Cc2cc(-c3ccnc(NC(=O)C4CC4)c3)ccc21. The number of alkyl halides is 3. The molecule has 0 radical (unpaired) electrons. The molecule has 1 fully saturated rings. The van der Waals surface area contributed by atoms with E-state index in [2.05, 4.69) is 21.1 Å². The molecule has 1 aromatic heterocycles. The standard InChI is InChI=1S/C24H27F3N6O3/c1-29-36-21(28)23(35)31-19-7-9-33(13-24(25,26)27)12-17-10-15(4-5-18(17)19)16-6-8-30-20(11-16)32-22(34)14-2-3-14/h4-6,8,10-11,14,19,28-29H,2-3,7,9,12-13H2,1H3,(H,31,35)(H,30,32,34)/t19-/m1/s1. The highest BCUT2D eigenvalue weighted by Gasteiger charge is 2.34. The van der Waals surface area contributed by atoms with Crippen LogP contribution >= 0.6 is 0 Å². The predicted octanol–water partition coefficient (Wildman–Crippen LogP) is 3.15. The molecule has 2 aromatic rings. The van der Waals surface area contributed by atoms with Gasteiger partial charge in [-0.25, -0.2) is 4.98 Å². The van der Waals surface area contributed by atoms with Gasteiger partial charge in [-0.1, -0.05) is 12.1 Å². The number of carbonyl (C=O) groups is 2. The molecule has 2 aliphatic rings. The van der Waals surface area contributed by atoms with E-state index in [0.29, 0.717) is 16.9 Å². The van der Waals surface area contributed by atoms with Gasteiger partial charge in [0, 0.05) is 32.3 Å². The van der Waals surface area contributed by atoms with Gasteiger partial charge in [0.2, 0.25) is 5.91 Å². The maximum absolute atomic E-state index is 13.2. The van der Waals surface area contributed by atoms with Crippen molar-refractivity contribution in [1.29, 1.82) is 5.41 Å². The normalized spacial score (nSPS) is 18.1. The molecule has 0 bridgehead atoms. The van der Waals surface area contributed by atoms with Gasteiger partial charge >= 0.3 is 12.1 Å². The zero-order valence-corrected chi connectivity index (χ0v) is 19.6. The number of pyridine rings is 1. The van der Waals surface area contributed by atoms with Crippen LogP contribution in [0.4, 0.5) is 19.0 Å². The van der Waals surface area contributed by atoms with Crippen LogP contribution in [0.15, 0.2) is 36.5 Å². The van der Waals surface area contributed by atoms with Gasteiger partial charge < -0.3 is 15.5 Å². The molecule has 1 aliphatic carbocycles. The van der Waals surface area contributed by atoms with Gasteiger partial charge in [-0.05, 0) is 59.7 Å². The number of aromatic nitrogens is 1. The molecule has 1 atom stereocenters. The Labute approximate surface area is 205 Å².